The second-order valence-corrected chi connectivity index (χ2v) is 5.23. The Hall–Kier alpha value is -1.49. The second-order valence-electron chi connectivity index (χ2n) is 4.92. The van der Waals surface area contributed by atoms with E-state index in [1.54, 1.807) is 11.0 Å². The summed E-state index contributed by atoms with van der Waals surface area (Å²) in [5.74, 6) is 0.756. The first-order chi connectivity index (χ1) is 8.61. The molecule has 4 nitrogen and oxygen atoms in total. The van der Waals surface area contributed by atoms with Crippen LogP contribution in [0.1, 0.15) is 13.8 Å². The highest BCUT2D eigenvalue weighted by molar-refractivity contribution is 7.80. The summed E-state index contributed by atoms with van der Waals surface area (Å²) >= 11 is 4.28. The van der Waals surface area contributed by atoms with Gasteiger partial charge >= 0.3 is 6.01 Å². The molecule has 1 aromatic carbocycles. The Balaban J connectivity index is 2.03. The molecule has 0 N–H and O–H groups in total. The lowest BCUT2D eigenvalue weighted by Gasteiger charge is -2.20. The maximum atomic E-state index is 5.57. The Morgan fingerprint density at radius 3 is 2.67 bits per heavy atom. The first-order valence-corrected chi connectivity index (χ1v) is 6.45. The molecule has 5 heteroatoms. The smallest absolute Gasteiger partial charge is 0.335 e. The third kappa shape index (κ3) is 3.26. The topological polar surface area (TPSA) is 39.9 Å². The number of para-hydroxylation sites is 1. The normalized spacial score (nSPS) is 11.5. The molecule has 0 fully saturated rings. The molecular formula is C13H17N3OS. The number of hydrogen-bond acceptors (Lipinski definition) is 4. The van der Waals surface area contributed by atoms with E-state index in [0.717, 1.165) is 11.4 Å². The Labute approximate surface area is 112 Å². The largest absolute Gasteiger partial charge is 0.462 e. The molecular weight excluding hydrogens is 246 g/mol. The predicted octanol–water partition coefficient (Wildman–Crippen LogP) is 2.60. The van der Waals surface area contributed by atoms with Crippen molar-refractivity contribution in [3.63, 3.8) is 0 Å². The molecule has 0 atom stereocenters. The first-order valence-electron chi connectivity index (χ1n) is 5.81. The van der Waals surface area contributed by atoms with Crippen LogP contribution in [-0.2, 0) is 0 Å². The molecule has 1 aromatic heterocycles. The van der Waals surface area contributed by atoms with Crippen molar-refractivity contribution in [1.82, 2.24) is 14.8 Å². The standard InChI is InChI=1S/C13H17N3OS/c1-13(2,9-18)8-17-12-14-10-16(15-12)11-6-4-3-5-7-11/h3-7,10,18H,8-9H2,1-2H3. The molecule has 2 rings (SSSR count). The molecule has 0 unspecified atom stereocenters. The summed E-state index contributed by atoms with van der Waals surface area (Å²) in [6.45, 7) is 4.73. The van der Waals surface area contributed by atoms with Crippen LogP contribution in [0.3, 0.4) is 0 Å². The van der Waals surface area contributed by atoms with E-state index >= 15 is 0 Å². The Morgan fingerprint density at radius 2 is 2.00 bits per heavy atom. The molecule has 0 radical (unpaired) electrons. The number of nitrogens with zero attached hydrogens (tertiary/aromatic N) is 3. The van der Waals surface area contributed by atoms with Gasteiger partial charge in [-0.3, -0.25) is 0 Å². The average molecular weight is 263 g/mol. The SMILES string of the molecule is CC(C)(CS)COc1ncn(-c2ccccc2)n1. The number of thiol groups is 1. The fraction of sp³-hybridized carbons (Fsp3) is 0.385. The van der Waals surface area contributed by atoms with Gasteiger partial charge in [0.2, 0.25) is 0 Å². The van der Waals surface area contributed by atoms with Crippen molar-refractivity contribution in [3.05, 3.63) is 36.7 Å². The number of ether oxygens (including phenoxy) is 1. The van der Waals surface area contributed by atoms with Crippen molar-refractivity contribution in [2.24, 2.45) is 5.41 Å². The highest BCUT2D eigenvalue weighted by Crippen LogP contribution is 2.18. The minimum atomic E-state index is 0.0152. The lowest BCUT2D eigenvalue weighted by atomic mass is 9.98. The molecule has 2 aromatic rings. The summed E-state index contributed by atoms with van der Waals surface area (Å²) in [7, 11) is 0. The Bertz CT molecular complexity index is 496. The lowest BCUT2D eigenvalue weighted by Crippen LogP contribution is -2.23. The fourth-order valence-electron chi connectivity index (χ4n) is 1.32. The van der Waals surface area contributed by atoms with Crippen LogP contribution in [0.5, 0.6) is 6.01 Å². The molecule has 1 heterocycles. The number of rotatable bonds is 5. The van der Waals surface area contributed by atoms with Crippen LogP contribution in [0.15, 0.2) is 36.7 Å². The summed E-state index contributed by atoms with van der Waals surface area (Å²) in [6, 6.07) is 10.2. The summed E-state index contributed by atoms with van der Waals surface area (Å²) in [5.41, 5.74) is 0.981. The van der Waals surface area contributed by atoms with E-state index in [-0.39, 0.29) is 5.41 Å². The minimum Gasteiger partial charge on any atom is -0.462 e. The Kier molecular flexibility index (Phi) is 3.91. The average Bonchev–Trinajstić information content (AvgIpc) is 2.86. The molecule has 0 aliphatic heterocycles. The summed E-state index contributed by atoms with van der Waals surface area (Å²) in [4.78, 5) is 4.13. The van der Waals surface area contributed by atoms with E-state index in [2.05, 4.69) is 36.6 Å². The monoisotopic (exact) mass is 263 g/mol. The maximum Gasteiger partial charge on any atom is 0.335 e. The minimum absolute atomic E-state index is 0.0152. The van der Waals surface area contributed by atoms with Crippen molar-refractivity contribution in [3.8, 4) is 11.7 Å². The van der Waals surface area contributed by atoms with Crippen LogP contribution in [0.4, 0.5) is 0 Å². The summed E-state index contributed by atoms with van der Waals surface area (Å²) in [6.07, 6.45) is 1.65. The van der Waals surface area contributed by atoms with Gasteiger partial charge < -0.3 is 4.74 Å². The fourth-order valence-corrected chi connectivity index (χ4v) is 1.42. The van der Waals surface area contributed by atoms with Crippen LogP contribution in [-0.4, -0.2) is 27.1 Å². The van der Waals surface area contributed by atoms with Crippen LogP contribution in [0.2, 0.25) is 0 Å². The zero-order valence-electron chi connectivity index (χ0n) is 10.6. The number of hydrogen-bond donors (Lipinski definition) is 1. The van der Waals surface area contributed by atoms with Gasteiger partial charge in [-0.1, -0.05) is 32.0 Å². The van der Waals surface area contributed by atoms with Gasteiger partial charge in [0.1, 0.15) is 6.33 Å². The molecule has 0 saturated carbocycles. The second kappa shape index (κ2) is 5.44. The van der Waals surface area contributed by atoms with Crippen molar-refractivity contribution in [1.29, 1.82) is 0 Å². The van der Waals surface area contributed by atoms with Crippen molar-refractivity contribution in [2.45, 2.75) is 13.8 Å². The zero-order valence-corrected chi connectivity index (χ0v) is 11.5. The molecule has 0 spiro atoms. The van der Waals surface area contributed by atoms with Gasteiger partial charge in [-0.05, 0) is 17.9 Å². The zero-order chi connectivity index (χ0) is 13.0. The van der Waals surface area contributed by atoms with E-state index in [1.165, 1.54) is 0 Å². The van der Waals surface area contributed by atoms with Gasteiger partial charge in [0.05, 0.1) is 12.3 Å². The van der Waals surface area contributed by atoms with E-state index in [4.69, 9.17) is 4.74 Å². The molecule has 96 valence electrons. The number of benzene rings is 1. The van der Waals surface area contributed by atoms with Gasteiger partial charge in [0.15, 0.2) is 0 Å². The van der Waals surface area contributed by atoms with E-state index in [9.17, 15) is 0 Å². The highest BCUT2D eigenvalue weighted by atomic mass is 32.1. The van der Waals surface area contributed by atoms with Crippen molar-refractivity contribution >= 4 is 12.6 Å². The van der Waals surface area contributed by atoms with Gasteiger partial charge in [-0.2, -0.15) is 17.6 Å². The third-order valence-corrected chi connectivity index (χ3v) is 3.37. The van der Waals surface area contributed by atoms with Gasteiger partial charge in [-0.25, -0.2) is 4.68 Å². The van der Waals surface area contributed by atoms with Gasteiger partial charge in [-0.15, -0.1) is 5.10 Å². The molecule has 0 aliphatic carbocycles. The van der Waals surface area contributed by atoms with Crippen LogP contribution >= 0.6 is 12.6 Å². The predicted molar refractivity (Wildman–Crippen MR) is 74.5 cm³/mol. The highest BCUT2D eigenvalue weighted by Gasteiger charge is 2.17. The van der Waals surface area contributed by atoms with E-state index in [0.29, 0.717) is 12.6 Å². The quantitative estimate of drug-likeness (QED) is 0.843. The summed E-state index contributed by atoms with van der Waals surface area (Å²) < 4.78 is 7.27. The van der Waals surface area contributed by atoms with E-state index in [1.807, 2.05) is 30.3 Å². The van der Waals surface area contributed by atoms with Crippen LogP contribution in [0.25, 0.3) is 5.69 Å². The molecule has 0 aliphatic rings. The molecule has 0 saturated heterocycles. The van der Waals surface area contributed by atoms with Crippen molar-refractivity contribution in [2.75, 3.05) is 12.4 Å². The first kappa shape index (κ1) is 13.0. The van der Waals surface area contributed by atoms with Crippen molar-refractivity contribution < 1.29 is 4.74 Å². The Morgan fingerprint density at radius 1 is 1.28 bits per heavy atom. The summed E-state index contributed by atoms with van der Waals surface area (Å²) in [5, 5.41) is 4.28. The third-order valence-electron chi connectivity index (χ3n) is 2.51. The maximum absolute atomic E-state index is 5.57. The number of aromatic nitrogens is 3. The van der Waals surface area contributed by atoms with Gasteiger partial charge in [0, 0.05) is 5.41 Å². The molecule has 0 bridgehead atoms. The van der Waals surface area contributed by atoms with Crippen LogP contribution < -0.4 is 4.74 Å². The van der Waals surface area contributed by atoms with Crippen LogP contribution in [0, 0.1) is 5.41 Å². The molecule has 18 heavy (non-hydrogen) atoms. The lowest BCUT2D eigenvalue weighted by molar-refractivity contribution is 0.188. The molecule has 0 amide bonds. The van der Waals surface area contributed by atoms with E-state index < -0.39 is 0 Å². The van der Waals surface area contributed by atoms with Gasteiger partial charge in [0.25, 0.3) is 0 Å².